The van der Waals surface area contributed by atoms with Crippen molar-refractivity contribution in [3.8, 4) is 51.4 Å². The third-order valence-electron chi connectivity index (χ3n) is 6.68. The molecule has 0 fully saturated rings. The van der Waals surface area contributed by atoms with Gasteiger partial charge in [0.2, 0.25) is 6.20 Å². The normalized spacial score (nSPS) is 11.0. The molecule has 2 aromatic heterocycles. The molecule has 0 unspecified atom stereocenters. The standard InChI is InChI=1S/C34H22N3O2S.C6H4N.2Pt/c1-36-17-18-37(24-36)28-9-5-12-31(22-28)38-30-11-4-8-27(20-30)34-21-26(15-16-35-34)25-7-3-10-29(19-25)39-32-13-6-14-33(23-32)40-2;1-2-7-5-3-4-6-7;;/h3-12,14,16-18,21,23H,1-2H3;3-6H;;/q-3;-1;+2;+4. The van der Waals surface area contributed by atoms with Gasteiger partial charge in [-0.05, 0) is 18.4 Å². The zero-order valence-corrected chi connectivity index (χ0v) is 31.6. The van der Waals surface area contributed by atoms with Crippen LogP contribution < -0.4 is 9.47 Å². The van der Waals surface area contributed by atoms with E-state index < -0.39 is 0 Å². The molecule has 0 saturated heterocycles. The Balaban J connectivity index is 0.000000537. The maximum absolute atomic E-state index is 6.57. The van der Waals surface area contributed by atoms with E-state index in [4.69, 9.17) is 15.9 Å². The molecule has 0 N–H and O–H groups in total. The maximum atomic E-state index is 6.57. The van der Waals surface area contributed by atoms with Gasteiger partial charge < -0.3 is 25.4 Å². The van der Waals surface area contributed by atoms with Gasteiger partial charge in [-0.3, -0.25) is 11.1 Å². The van der Waals surface area contributed by atoms with Crippen LogP contribution in [0.15, 0.2) is 127 Å². The summed E-state index contributed by atoms with van der Waals surface area (Å²) < 4.78 is 17.4. The summed E-state index contributed by atoms with van der Waals surface area (Å²) in [6.45, 7) is 0. The zero-order chi connectivity index (χ0) is 32.4. The molecule has 3 heterocycles. The van der Waals surface area contributed by atoms with Crippen LogP contribution in [0.2, 0.25) is 0 Å². The third kappa shape index (κ3) is 10.2. The van der Waals surface area contributed by atoms with Crippen molar-refractivity contribution in [1.82, 2.24) is 9.55 Å². The minimum atomic E-state index is 0. The predicted octanol–water partition coefficient (Wildman–Crippen LogP) is 8.55. The molecule has 0 atom stereocenters. The third-order valence-corrected chi connectivity index (χ3v) is 7.41. The first-order chi connectivity index (χ1) is 23.1. The van der Waals surface area contributed by atoms with Gasteiger partial charge >= 0.3 is 48.1 Å². The Morgan fingerprint density at radius 2 is 1.47 bits per heavy atom. The fraction of sp³-hybridized carbons (Fsp3) is 0.0500. The number of rotatable bonds is 8. The minimum absolute atomic E-state index is 0. The maximum Gasteiger partial charge on any atom is 4.00 e. The van der Waals surface area contributed by atoms with Crippen molar-refractivity contribution >= 4 is 23.5 Å². The van der Waals surface area contributed by atoms with Crippen molar-refractivity contribution in [3.63, 3.8) is 0 Å². The molecule has 4 aromatic carbocycles. The Morgan fingerprint density at radius 3 is 2.14 bits per heavy atom. The Labute approximate surface area is 320 Å². The molecule has 0 bridgehead atoms. The molecule has 0 amide bonds. The fourth-order valence-corrected chi connectivity index (χ4v) is 4.87. The molecule has 1 aliphatic heterocycles. The Bertz CT molecular complexity index is 2170. The van der Waals surface area contributed by atoms with Gasteiger partial charge in [0.15, 0.2) is 7.05 Å². The van der Waals surface area contributed by atoms with E-state index in [-0.39, 0.29) is 42.1 Å². The molecule has 49 heavy (non-hydrogen) atoms. The van der Waals surface area contributed by atoms with Crippen LogP contribution in [0.25, 0.3) is 22.4 Å². The predicted molar refractivity (Wildman–Crippen MR) is 181 cm³/mol. The SMILES string of the molecule is CSc1cc[c-]c(Oc2[c-]c(-c3[c-]cnc(-c4[c-]c(Oc5[c-]c([N+]6=C=[N+](C)C=C6)ccc5)ccc4)c3)ccc2)c1.[C-]#Cn1cccc1.[Pt+2].[Pt+4]. The van der Waals surface area contributed by atoms with Gasteiger partial charge in [-0.2, -0.15) is 42.1 Å². The van der Waals surface area contributed by atoms with Crippen molar-refractivity contribution < 1.29 is 60.8 Å². The fourth-order valence-electron chi connectivity index (χ4n) is 4.44. The van der Waals surface area contributed by atoms with Gasteiger partial charge in [0.1, 0.15) is 5.69 Å². The average Bonchev–Trinajstić information content (AvgIpc) is 3.81. The Hall–Kier alpha value is -4.68. The summed E-state index contributed by atoms with van der Waals surface area (Å²) in [5, 5.41) is 0. The number of aromatic nitrogens is 2. The summed E-state index contributed by atoms with van der Waals surface area (Å²) >= 11 is 1.66. The summed E-state index contributed by atoms with van der Waals surface area (Å²) in [5.74, 6) is 2.40. The van der Waals surface area contributed by atoms with E-state index in [1.54, 1.807) is 34.9 Å². The van der Waals surface area contributed by atoms with Gasteiger partial charge in [0.05, 0.1) is 0 Å². The number of hydrogen-bond donors (Lipinski definition) is 0. The van der Waals surface area contributed by atoms with Crippen LogP contribution in [0.4, 0.5) is 5.69 Å². The quantitative estimate of drug-likeness (QED) is 0.0665. The van der Waals surface area contributed by atoms with Crippen LogP contribution in [0.1, 0.15) is 0 Å². The van der Waals surface area contributed by atoms with Crippen molar-refractivity contribution in [1.29, 1.82) is 0 Å². The van der Waals surface area contributed by atoms with E-state index in [0.29, 0.717) is 23.0 Å². The first-order valence-corrected chi connectivity index (χ1v) is 15.7. The second-order valence-corrected chi connectivity index (χ2v) is 10.9. The van der Waals surface area contributed by atoms with E-state index >= 15 is 0 Å². The van der Waals surface area contributed by atoms with Crippen LogP contribution in [-0.2, 0) is 42.1 Å². The van der Waals surface area contributed by atoms with Crippen LogP contribution >= 0.6 is 11.8 Å². The molecule has 0 radical (unpaired) electrons. The first-order valence-electron chi connectivity index (χ1n) is 14.5. The monoisotopic (exact) mass is 1020 g/mol. The summed E-state index contributed by atoms with van der Waals surface area (Å²) in [6, 6.07) is 50.3. The van der Waals surface area contributed by atoms with Crippen LogP contribution in [0, 0.1) is 42.8 Å². The molecule has 0 saturated carbocycles. The number of thioether (sulfide) groups is 1. The minimum Gasteiger partial charge on any atom is -0.669 e. The second-order valence-electron chi connectivity index (χ2n) is 9.98. The van der Waals surface area contributed by atoms with Crippen molar-refractivity contribution in [2.24, 2.45) is 0 Å². The van der Waals surface area contributed by atoms with Crippen LogP contribution in [0.5, 0.6) is 23.0 Å². The van der Waals surface area contributed by atoms with Gasteiger partial charge in [0, 0.05) is 35.4 Å². The Kier molecular flexibility index (Phi) is 13.8. The van der Waals surface area contributed by atoms with Crippen LogP contribution in [-0.4, -0.2) is 38.0 Å². The van der Waals surface area contributed by atoms with Gasteiger partial charge in [-0.1, -0.05) is 44.1 Å². The number of benzene rings is 4. The topological polar surface area (TPSA) is 42.3 Å². The van der Waals surface area contributed by atoms with Crippen molar-refractivity contribution in [3.05, 3.63) is 159 Å². The van der Waals surface area contributed by atoms with Crippen LogP contribution in [0.3, 0.4) is 0 Å². The molecule has 6 aromatic rings. The second kappa shape index (κ2) is 18.2. The van der Waals surface area contributed by atoms with E-state index in [9.17, 15) is 0 Å². The molecule has 6 nitrogen and oxygen atoms in total. The van der Waals surface area contributed by atoms with E-state index in [1.807, 2.05) is 126 Å². The van der Waals surface area contributed by atoms with Gasteiger partial charge in [-0.15, -0.1) is 48.0 Å². The summed E-state index contributed by atoms with van der Waals surface area (Å²) in [4.78, 5) is 5.65. The summed E-state index contributed by atoms with van der Waals surface area (Å²) in [6.07, 6.45) is 17.6. The number of nitrogens with zero attached hydrogens (tertiary/aromatic N) is 4. The summed E-state index contributed by atoms with van der Waals surface area (Å²) in [7, 11) is 1.92. The smallest absolute Gasteiger partial charge is 0.669 e. The first kappa shape index (κ1) is 37.1. The number of hydrogen-bond acceptors (Lipinski definition) is 4. The number of ether oxygens (including phenoxy) is 2. The van der Waals surface area contributed by atoms with Gasteiger partial charge in [0.25, 0.3) is 6.20 Å². The van der Waals surface area contributed by atoms with E-state index in [0.717, 1.165) is 33.0 Å². The van der Waals surface area contributed by atoms with E-state index in [1.165, 1.54) is 0 Å². The average molecular weight is 1020 g/mol. The molecular formula is C40H26N4O2Pt2S+2. The van der Waals surface area contributed by atoms with Crippen molar-refractivity contribution in [2.75, 3.05) is 13.3 Å². The zero-order valence-electron chi connectivity index (χ0n) is 26.2. The largest absolute Gasteiger partial charge is 4.00 e. The van der Waals surface area contributed by atoms with Crippen molar-refractivity contribution in [2.45, 2.75) is 4.90 Å². The summed E-state index contributed by atoms with van der Waals surface area (Å²) in [5.41, 5.74) is 4.06. The Morgan fingerprint density at radius 1 is 0.796 bits per heavy atom. The molecule has 242 valence electrons. The molecule has 9 heteroatoms. The molecule has 1 aliphatic rings. The molecule has 7 rings (SSSR count). The van der Waals surface area contributed by atoms with Gasteiger partial charge in [-0.25, -0.2) is 24.2 Å². The van der Waals surface area contributed by atoms with E-state index in [2.05, 4.69) is 47.4 Å². The molecule has 0 aliphatic carbocycles. The molecular weight excluding hydrogens is 991 g/mol. The number of pyridine rings is 1. The molecule has 0 spiro atoms.